The van der Waals surface area contributed by atoms with Gasteiger partial charge in [-0.25, -0.2) is 0 Å². The summed E-state index contributed by atoms with van der Waals surface area (Å²) in [4.78, 5) is 16.3. The summed E-state index contributed by atoms with van der Waals surface area (Å²) in [7, 11) is 0. The molecule has 4 aromatic rings. The molecule has 2 aromatic heterocycles. The van der Waals surface area contributed by atoms with E-state index in [1.54, 1.807) is 11.3 Å². The quantitative estimate of drug-likeness (QED) is 0.402. The Morgan fingerprint density at radius 2 is 1.77 bits per heavy atom. The van der Waals surface area contributed by atoms with Crippen LogP contribution >= 0.6 is 23.1 Å². The van der Waals surface area contributed by atoms with Crippen molar-refractivity contribution in [1.82, 2.24) is 19.7 Å². The minimum atomic E-state index is -0.256. The highest BCUT2D eigenvalue weighted by Crippen LogP contribution is 2.33. The number of hydrogen-bond acceptors (Lipinski definition) is 5. The number of carbonyl (C=O) groups is 1. The van der Waals surface area contributed by atoms with Gasteiger partial charge < -0.3 is 4.90 Å². The average Bonchev–Trinajstić information content (AvgIpc) is 3.49. The van der Waals surface area contributed by atoms with Crippen molar-refractivity contribution in [3.63, 3.8) is 0 Å². The number of nitrogens with zero attached hydrogens (tertiary/aromatic N) is 4. The van der Waals surface area contributed by atoms with Crippen molar-refractivity contribution >= 4 is 29.0 Å². The highest BCUT2D eigenvalue weighted by molar-refractivity contribution is 8.00. The molecule has 0 N–H and O–H groups in total. The third-order valence-electron chi connectivity index (χ3n) is 5.46. The van der Waals surface area contributed by atoms with E-state index in [-0.39, 0.29) is 11.2 Å². The lowest BCUT2D eigenvalue weighted by atomic mass is 10.00. The van der Waals surface area contributed by atoms with Crippen molar-refractivity contribution in [1.29, 1.82) is 0 Å². The lowest BCUT2D eigenvalue weighted by Crippen LogP contribution is -2.40. The van der Waals surface area contributed by atoms with Gasteiger partial charge in [0.15, 0.2) is 11.0 Å². The van der Waals surface area contributed by atoms with Gasteiger partial charge in [0, 0.05) is 18.8 Å². The number of rotatable bonds is 5. The van der Waals surface area contributed by atoms with E-state index >= 15 is 0 Å². The Labute approximate surface area is 189 Å². The van der Waals surface area contributed by atoms with Crippen LogP contribution < -0.4 is 0 Å². The summed E-state index contributed by atoms with van der Waals surface area (Å²) in [5, 5.41) is 11.4. The van der Waals surface area contributed by atoms with Gasteiger partial charge in [-0.2, -0.15) is 0 Å². The molecule has 156 valence electrons. The van der Waals surface area contributed by atoms with E-state index in [1.807, 2.05) is 70.3 Å². The Bertz CT molecular complexity index is 1190. The molecule has 31 heavy (non-hydrogen) atoms. The maximum absolute atomic E-state index is 13.2. The van der Waals surface area contributed by atoms with E-state index in [1.165, 1.54) is 22.9 Å². The van der Waals surface area contributed by atoms with Gasteiger partial charge in [-0.05, 0) is 48.1 Å². The molecule has 0 bridgehead atoms. The summed E-state index contributed by atoms with van der Waals surface area (Å²) >= 11 is 3.10. The van der Waals surface area contributed by atoms with Crippen LogP contribution in [0.25, 0.3) is 16.4 Å². The van der Waals surface area contributed by atoms with Crippen molar-refractivity contribution < 1.29 is 4.79 Å². The third kappa shape index (κ3) is 4.03. The molecule has 0 fully saturated rings. The molecule has 1 atom stereocenters. The van der Waals surface area contributed by atoms with Gasteiger partial charge in [-0.1, -0.05) is 60.3 Å². The fourth-order valence-corrected chi connectivity index (χ4v) is 5.52. The van der Waals surface area contributed by atoms with Crippen molar-refractivity contribution in [3.05, 3.63) is 83.2 Å². The molecule has 1 amide bonds. The van der Waals surface area contributed by atoms with Crippen LogP contribution in [0.2, 0.25) is 0 Å². The second kappa shape index (κ2) is 8.69. The number of para-hydroxylation sites is 1. The van der Waals surface area contributed by atoms with Gasteiger partial charge in [-0.3, -0.25) is 9.36 Å². The Morgan fingerprint density at radius 1 is 1.00 bits per heavy atom. The van der Waals surface area contributed by atoms with Gasteiger partial charge in [0.2, 0.25) is 5.91 Å². The van der Waals surface area contributed by atoms with Gasteiger partial charge in [0.1, 0.15) is 0 Å². The third-order valence-corrected chi connectivity index (χ3v) is 7.36. The molecule has 5 nitrogen and oxygen atoms in total. The first-order valence-corrected chi connectivity index (χ1v) is 12.0. The summed E-state index contributed by atoms with van der Waals surface area (Å²) in [6.45, 7) is 3.39. The predicted octanol–water partition coefficient (Wildman–Crippen LogP) is 5.06. The van der Waals surface area contributed by atoms with Crippen molar-refractivity contribution in [2.45, 2.75) is 30.3 Å². The van der Waals surface area contributed by atoms with Crippen LogP contribution in [0.15, 0.2) is 77.3 Å². The van der Waals surface area contributed by atoms with E-state index in [0.29, 0.717) is 6.54 Å². The number of hydrogen-bond donors (Lipinski definition) is 0. The molecular weight excluding hydrogens is 424 g/mol. The topological polar surface area (TPSA) is 51.0 Å². The second-order valence-electron chi connectivity index (χ2n) is 7.49. The van der Waals surface area contributed by atoms with Crippen molar-refractivity contribution in [2.24, 2.45) is 0 Å². The van der Waals surface area contributed by atoms with Crippen molar-refractivity contribution in [2.75, 3.05) is 6.54 Å². The van der Waals surface area contributed by atoms with Gasteiger partial charge in [0.05, 0.1) is 10.1 Å². The smallest absolute Gasteiger partial charge is 0.236 e. The molecule has 0 saturated carbocycles. The molecular formula is C24H22N4OS2. The zero-order valence-corrected chi connectivity index (χ0v) is 18.8. The molecule has 0 unspecified atom stereocenters. The highest BCUT2D eigenvalue weighted by Gasteiger charge is 2.27. The standard InChI is InChI=1S/C24H22N4OS2/c1-17(23(29)27-14-13-18-8-5-6-9-19(18)16-27)31-24-26-25-22(21-12-7-15-30-21)28(24)20-10-3-2-4-11-20/h2-12,15,17H,13-14,16H2,1H3/t17-/m0/s1. The monoisotopic (exact) mass is 446 g/mol. The fraction of sp³-hybridized carbons (Fsp3) is 0.208. The molecule has 0 aliphatic carbocycles. The van der Waals surface area contributed by atoms with Gasteiger partial charge in [0.25, 0.3) is 0 Å². The van der Waals surface area contributed by atoms with E-state index < -0.39 is 0 Å². The molecule has 0 spiro atoms. The van der Waals surface area contributed by atoms with Crippen LogP contribution in [0, 0.1) is 0 Å². The van der Waals surface area contributed by atoms with E-state index in [2.05, 4.69) is 28.4 Å². The number of benzene rings is 2. The first-order chi connectivity index (χ1) is 15.2. The maximum Gasteiger partial charge on any atom is 0.236 e. The number of amides is 1. The van der Waals surface area contributed by atoms with Gasteiger partial charge in [-0.15, -0.1) is 21.5 Å². The molecule has 1 aliphatic rings. The number of thioether (sulfide) groups is 1. The summed E-state index contributed by atoms with van der Waals surface area (Å²) in [5.74, 6) is 0.940. The van der Waals surface area contributed by atoms with E-state index in [4.69, 9.17) is 0 Å². The van der Waals surface area contributed by atoms with Crippen molar-refractivity contribution in [3.8, 4) is 16.4 Å². The van der Waals surface area contributed by atoms with E-state index in [9.17, 15) is 4.79 Å². The largest absolute Gasteiger partial charge is 0.337 e. The number of fused-ring (bicyclic) bond motifs is 1. The average molecular weight is 447 g/mol. The fourth-order valence-electron chi connectivity index (χ4n) is 3.87. The summed E-state index contributed by atoms with van der Waals surface area (Å²) in [5.41, 5.74) is 3.58. The first kappa shape index (κ1) is 20.0. The molecule has 0 radical (unpaired) electrons. The predicted molar refractivity (Wildman–Crippen MR) is 126 cm³/mol. The lowest BCUT2D eigenvalue weighted by Gasteiger charge is -2.30. The van der Waals surface area contributed by atoms with Gasteiger partial charge >= 0.3 is 0 Å². The molecule has 0 saturated heterocycles. The zero-order valence-electron chi connectivity index (χ0n) is 17.1. The Hall–Kier alpha value is -2.90. The molecule has 2 aromatic carbocycles. The summed E-state index contributed by atoms with van der Waals surface area (Å²) in [6, 6.07) is 22.5. The number of carbonyl (C=O) groups excluding carboxylic acids is 1. The molecule has 1 aliphatic heterocycles. The van der Waals surface area contributed by atoms with Crippen LogP contribution in [0.3, 0.4) is 0 Å². The second-order valence-corrected chi connectivity index (χ2v) is 9.75. The van der Waals surface area contributed by atoms with Crippen LogP contribution in [0.1, 0.15) is 18.1 Å². The minimum absolute atomic E-state index is 0.139. The number of thiophene rings is 1. The Kier molecular flexibility index (Phi) is 5.61. The Morgan fingerprint density at radius 3 is 2.55 bits per heavy atom. The van der Waals surface area contributed by atoms with Crippen LogP contribution in [0.4, 0.5) is 0 Å². The summed E-state index contributed by atoms with van der Waals surface area (Å²) in [6.07, 6.45) is 0.905. The first-order valence-electron chi connectivity index (χ1n) is 10.3. The van der Waals surface area contributed by atoms with Crippen LogP contribution in [-0.4, -0.2) is 37.4 Å². The molecule has 3 heterocycles. The zero-order chi connectivity index (χ0) is 21.2. The van der Waals surface area contributed by atoms with E-state index in [0.717, 1.165) is 34.5 Å². The maximum atomic E-state index is 13.2. The SMILES string of the molecule is C[C@H](Sc1nnc(-c2cccs2)n1-c1ccccc1)C(=O)N1CCc2ccccc2C1. The van der Waals surface area contributed by atoms with Crippen LogP contribution in [-0.2, 0) is 17.8 Å². The summed E-state index contributed by atoms with van der Waals surface area (Å²) < 4.78 is 2.05. The number of aromatic nitrogens is 3. The van der Waals surface area contributed by atoms with Crippen LogP contribution in [0.5, 0.6) is 0 Å². The normalized spacial score (nSPS) is 14.3. The molecule has 7 heteroatoms. The highest BCUT2D eigenvalue weighted by atomic mass is 32.2. The Balaban J connectivity index is 1.40. The molecule has 5 rings (SSSR count). The lowest BCUT2D eigenvalue weighted by molar-refractivity contribution is -0.131. The minimum Gasteiger partial charge on any atom is -0.337 e.